The van der Waals surface area contributed by atoms with Crippen molar-refractivity contribution in [1.29, 1.82) is 0 Å². The van der Waals surface area contributed by atoms with E-state index in [9.17, 15) is 0 Å². The Hall–Kier alpha value is -2.31. The number of rotatable bonds is 4. The summed E-state index contributed by atoms with van der Waals surface area (Å²) in [7, 11) is 4.25. The third-order valence-corrected chi connectivity index (χ3v) is 5.99. The van der Waals surface area contributed by atoms with Gasteiger partial charge in [-0.25, -0.2) is 0 Å². The fourth-order valence-electron chi connectivity index (χ4n) is 3.34. The first-order chi connectivity index (χ1) is 13.1. The van der Waals surface area contributed by atoms with Gasteiger partial charge in [-0.05, 0) is 33.2 Å². The molecule has 6 heteroatoms. The number of nitrogens with one attached hydrogen (secondary N) is 1. The number of hydrogen-bond acceptors (Lipinski definition) is 4. The average Bonchev–Trinajstić information content (AvgIpc) is 3.20. The third-order valence-electron chi connectivity index (χ3n) is 5.09. The van der Waals surface area contributed by atoms with E-state index in [0.717, 1.165) is 40.1 Å². The fourth-order valence-corrected chi connectivity index (χ4v) is 4.04. The molecule has 0 spiro atoms. The molecule has 1 aliphatic heterocycles. The van der Waals surface area contributed by atoms with Gasteiger partial charge in [0.25, 0.3) is 0 Å². The Labute approximate surface area is 163 Å². The van der Waals surface area contributed by atoms with Crippen LogP contribution in [0, 0.1) is 0 Å². The molecule has 1 atom stereocenters. The number of likely N-dealkylation sites (N-methyl/N-ethyl adjacent to an activating group) is 1. The van der Waals surface area contributed by atoms with Crippen LogP contribution in [0.5, 0.6) is 0 Å². The Morgan fingerprint density at radius 2 is 1.67 bits per heavy atom. The molecule has 1 aliphatic rings. The molecule has 27 heavy (non-hydrogen) atoms. The normalized spacial score (nSPS) is 17.0. The lowest BCUT2D eigenvalue weighted by atomic mass is 10.1. The van der Waals surface area contributed by atoms with E-state index in [4.69, 9.17) is 0 Å². The van der Waals surface area contributed by atoms with Crippen molar-refractivity contribution in [3.8, 4) is 0 Å². The summed E-state index contributed by atoms with van der Waals surface area (Å²) in [5.41, 5.74) is 2.38. The smallest absolute Gasteiger partial charge is 0.183 e. The van der Waals surface area contributed by atoms with E-state index in [2.05, 4.69) is 94.5 Å². The lowest BCUT2D eigenvalue weighted by Crippen LogP contribution is -2.30. The summed E-state index contributed by atoms with van der Waals surface area (Å²) in [5, 5.41) is 16.6. The molecule has 2 heterocycles. The van der Waals surface area contributed by atoms with Crippen LogP contribution in [0.4, 0.5) is 0 Å². The van der Waals surface area contributed by atoms with Crippen LogP contribution >= 0.6 is 11.8 Å². The summed E-state index contributed by atoms with van der Waals surface area (Å²) in [5.74, 6) is 1.05. The van der Waals surface area contributed by atoms with Crippen LogP contribution in [-0.2, 0) is 6.54 Å². The molecule has 0 saturated carbocycles. The van der Waals surface area contributed by atoms with E-state index in [1.807, 2.05) is 0 Å². The van der Waals surface area contributed by atoms with Crippen molar-refractivity contribution in [2.75, 3.05) is 26.4 Å². The molecule has 4 rings (SSSR count). The lowest BCUT2D eigenvalue weighted by molar-refractivity contribution is 0.288. The van der Waals surface area contributed by atoms with Gasteiger partial charge in [-0.15, -0.1) is 10.2 Å². The van der Waals surface area contributed by atoms with E-state index in [1.165, 1.54) is 11.0 Å². The molecule has 2 aromatic carbocycles. The van der Waals surface area contributed by atoms with Crippen LogP contribution in [0.2, 0.25) is 0 Å². The quantitative estimate of drug-likeness (QED) is 0.559. The molecule has 1 saturated heterocycles. The highest BCUT2D eigenvalue weighted by Gasteiger charge is 2.13. The summed E-state index contributed by atoms with van der Waals surface area (Å²) >= 11 is 1.72. The van der Waals surface area contributed by atoms with Crippen molar-refractivity contribution >= 4 is 38.7 Å². The highest BCUT2D eigenvalue weighted by molar-refractivity contribution is 8.14. The van der Waals surface area contributed by atoms with Crippen LogP contribution in [0.1, 0.15) is 6.92 Å². The predicted molar refractivity (Wildman–Crippen MR) is 116 cm³/mol. The van der Waals surface area contributed by atoms with E-state index >= 15 is 0 Å². The number of hydrogen-bond donors (Lipinski definition) is 1. The summed E-state index contributed by atoms with van der Waals surface area (Å²) in [6.07, 6.45) is 0. The highest BCUT2D eigenvalue weighted by Crippen LogP contribution is 2.20. The van der Waals surface area contributed by atoms with Gasteiger partial charge < -0.3 is 14.8 Å². The Bertz CT molecular complexity index is 999. The van der Waals surface area contributed by atoms with Crippen LogP contribution in [0.25, 0.3) is 21.8 Å². The van der Waals surface area contributed by atoms with Gasteiger partial charge >= 0.3 is 0 Å². The van der Waals surface area contributed by atoms with E-state index in [0.29, 0.717) is 6.04 Å². The molecule has 1 fully saturated rings. The van der Waals surface area contributed by atoms with Gasteiger partial charge in [0.1, 0.15) is 5.36 Å². The third kappa shape index (κ3) is 3.59. The zero-order valence-electron chi connectivity index (χ0n) is 16.0. The molecule has 1 unspecified atom stereocenters. The summed E-state index contributed by atoms with van der Waals surface area (Å²) in [4.78, 5) is 2.25. The van der Waals surface area contributed by atoms with E-state index in [1.54, 1.807) is 11.8 Å². The molecule has 0 radical (unpaired) electrons. The first kappa shape index (κ1) is 18.1. The Balaban J connectivity index is 2.01. The van der Waals surface area contributed by atoms with Crippen molar-refractivity contribution in [3.05, 3.63) is 53.9 Å². The minimum Gasteiger partial charge on any atom is -0.362 e. The second-order valence-electron chi connectivity index (χ2n) is 7.09. The van der Waals surface area contributed by atoms with Crippen LogP contribution < -0.4 is 10.7 Å². The largest absolute Gasteiger partial charge is 0.362 e. The van der Waals surface area contributed by atoms with Crippen molar-refractivity contribution in [2.24, 2.45) is 10.2 Å². The number of aromatic nitrogens is 1. The van der Waals surface area contributed by atoms with Crippen LogP contribution in [0.3, 0.4) is 0 Å². The van der Waals surface area contributed by atoms with Crippen molar-refractivity contribution in [3.63, 3.8) is 0 Å². The number of thioether (sulfide) groups is 1. The molecular weight excluding hydrogens is 354 g/mol. The SMILES string of the molecule is CC(Cn1c2ccccc2c(=NN=C2NCCS2)c2ccccc21)N(C)C. The van der Waals surface area contributed by atoms with E-state index in [-0.39, 0.29) is 0 Å². The first-order valence-electron chi connectivity index (χ1n) is 9.30. The second-order valence-corrected chi connectivity index (χ2v) is 8.17. The molecular formula is C21H25N5S. The second kappa shape index (κ2) is 7.74. The summed E-state index contributed by atoms with van der Waals surface area (Å²) < 4.78 is 2.41. The van der Waals surface area contributed by atoms with Gasteiger partial charge in [0.15, 0.2) is 5.17 Å². The number of benzene rings is 2. The zero-order valence-corrected chi connectivity index (χ0v) is 16.8. The Morgan fingerprint density at radius 1 is 1.04 bits per heavy atom. The number of pyridine rings is 1. The van der Waals surface area contributed by atoms with Gasteiger partial charge in [0.05, 0.1) is 11.0 Å². The van der Waals surface area contributed by atoms with E-state index < -0.39 is 0 Å². The Morgan fingerprint density at radius 3 is 2.22 bits per heavy atom. The van der Waals surface area contributed by atoms with Gasteiger partial charge in [0.2, 0.25) is 0 Å². The lowest BCUT2D eigenvalue weighted by Gasteiger charge is -2.24. The monoisotopic (exact) mass is 379 g/mol. The molecule has 140 valence electrons. The predicted octanol–water partition coefficient (Wildman–Crippen LogP) is 3.25. The van der Waals surface area contributed by atoms with Crippen LogP contribution in [-0.4, -0.2) is 47.1 Å². The molecule has 0 aliphatic carbocycles. The number of amidine groups is 1. The van der Waals surface area contributed by atoms with Gasteiger partial charge in [-0.1, -0.05) is 48.2 Å². The first-order valence-corrected chi connectivity index (χ1v) is 10.3. The molecule has 5 nitrogen and oxygen atoms in total. The van der Waals surface area contributed by atoms with Crippen molar-refractivity contribution in [2.45, 2.75) is 19.5 Å². The van der Waals surface area contributed by atoms with Gasteiger partial charge in [0, 0.05) is 35.7 Å². The molecule has 0 bridgehead atoms. The molecule has 1 N–H and O–H groups in total. The maximum absolute atomic E-state index is 4.68. The van der Waals surface area contributed by atoms with Gasteiger partial charge in [-0.2, -0.15) is 0 Å². The van der Waals surface area contributed by atoms with Gasteiger partial charge in [-0.3, -0.25) is 0 Å². The van der Waals surface area contributed by atoms with Crippen LogP contribution in [0.15, 0.2) is 58.7 Å². The molecule has 1 aromatic heterocycles. The maximum atomic E-state index is 4.68. The highest BCUT2D eigenvalue weighted by atomic mass is 32.2. The topological polar surface area (TPSA) is 44.9 Å². The summed E-state index contributed by atoms with van der Waals surface area (Å²) in [6.45, 7) is 4.13. The number of fused-ring (bicyclic) bond motifs is 2. The number of nitrogens with zero attached hydrogens (tertiary/aromatic N) is 4. The summed E-state index contributed by atoms with van der Waals surface area (Å²) in [6, 6.07) is 17.4. The Kier molecular flexibility index (Phi) is 5.18. The van der Waals surface area contributed by atoms with Crippen molar-refractivity contribution in [1.82, 2.24) is 14.8 Å². The molecule has 3 aromatic rings. The van der Waals surface area contributed by atoms with Crippen molar-refractivity contribution < 1.29 is 0 Å². The molecule has 0 amide bonds. The fraction of sp³-hybridized carbons (Fsp3) is 0.333. The average molecular weight is 380 g/mol. The number of para-hydroxylation sites is 2. The minimum atomic E-state index is 0.420. The minimum absolute atomic E-state index is 0.420. The maximum Gasteiger partial charge on any atom is 0.183 e. The zero-order chi connectivity index (χ0) is 18.8. The standard InChI is InChI=1S/C21H25N5S/c1-15(25(2)3)14-26-18-10-6-4-8-16(18)20(17-9-5-7-11-19(17)26)23-24-21-22-12-13-27-21/h4-11,15H,12-14H2,1-3H3,(H,22,24).